The van der Waals surface area contributed by atoms with Crippen LogP contribution in [-0.4, -0.2) is 6.04 Å². The van der Waals surface area contributed by atoms with E-state index < -0.39 is 0 Å². The Morgan fingerprint density at radius 3 is 2.00 bits per heavy atom. The second-order valence-electron chi connectivity index (χ2n) is 6.17. The first-order chi connectivity index (χ1) is 10.3. The van der Waals surface area contributed by atoms with E-state index in [1.54, 1.807) is 0 Å². The van der Waals surface area contributed by atoms with Crippen molar-refractivity contribution in [3.8, 4) is 0 Å². The van der Waals surface area contributed by atoms with Gasteiger partial charge >= 0.3 is 0 Å². The number of thiophene rings is 2. The molecule has 0 saturated heterocycles. The van der Waals surface area contributed by atoms with Crippen molar-refractivity contribution >= 4 is 22.7 Å². The molecular weight excluding hydrogens is 294 g/mol. The van der Waals surface area contributed by atoms with Crippen molar-refractivity contribution in [1.82, 2.24) is 5.32 Å². The van der Waals surface area contributed by atoms with E-state index in [1.807, 2.05) is 22.7 Å². The summed E-state index contributed by atoms with van der Waals surface area (Å²) in [4.78, 5) is 2.89. The zero-order valence-electron chi connectivity index (χ0n) is 12.8. The van der Waals surface area contributed by atoms with Crippen LogP contribution in [0.15, 0.2) is 35.0 Å². The van der Waals surface area contributed by atoms with Gasteiger partial charge in [-0.3, -0.25) is 0 Å². The molecule has 21 heavy (non-hydrogen) atoms. The lowest BCUT2D eigenvalue weighted by atomic mass is 9.92. The van der Waals surface area contributed by atoms with Crippen LogP contribution < -0.4 is 5.32 Å². The first kappa shape index (κ1) is 15.3. The first-order valence-electron chi connectivity index (χ1n) is 8.17. The average molecular weight is 320 g/mol. The van der Waals surface area contributed by atoms with E-state index in [0.717, 1.165) is 5.92 Å². The summed E-state index contributed by atoms with van der Waals surface area (Å²) in [5.41, 5.74) is 0. The molecule has 3 rings (SSSR count). The summed E-state index contributed by atoms with van der Waals surface area (Å²) in [7, 11) is 0. The van der Waals surface area contributed by atoms with Gasteiger partial charge in [-0.25, -0.2) is 0 Å². The second kappa shape index (κ2) is 7.57. The molecule has 114 valence electrons. The molecule has 3 heteroatoms. The molecule has 1 aliphatic rings. The highest BCUT2D eigenvalue weighted by atomic mass is 32.1. The normalized spacial score (nSPS) is 18.8. The highest BCUT2D eigenvalue weighted by Crippen LogP contribution is 2.32. The van der Waals surface area contributed by atoms with Gasteiger partial charge in [-0.05, 0) is 48.6 Å². The van der Waals surface area contributed by atoms with Crippen molar-refractivity contribution in [2.75, 3.05) is 0 Å². The quantitative estimate of drug-likeness (QED) is 0.682. The molecule has 0 spiro atoms. The Morgan fingerprint density at radius 2 is 1.52 bits per heavy atom. The maximum Gasteiger partial charge on any atom is 0.0766 e. The van der Waals surface area contributed by atoms with Gasteiger partial charge in [-0.1, -0.05) is 37.8 Å². The molecule has 0 bridgehead atoms. The third-order valence-electron chi connectivity index (χ3n) is 4.69. The van der Waals surface area contributed by atoms with Crippen molar-refractivity contribution in [2.24, 2.45) is 5.92 Å². The summed E-state index contributed by atoms with van der Waals surface area (Å²) >= 11 is 3.73. The highest BCUT2D eigenvalue weighted by molar-refractivity contribution is 7.11. The first-order valence-corrected chi connectivity index (χ1v) is 9.93. The fraction of sp³-hybridized carbons (Fsp3) is 0.556. The Morgan fingerprint density at radius 1 is 0.952 bits per heavy atom. The zero-order valence-corrected chi connectivity index (χ0v) is 14.4. The lowest BCUT2D eigenvalue weighted by Crippen LogP contribution is -2.36. The number of nitrogens with one attached hydrogen (secondary N) is 1. The highest BCUT2D eigenvalue weighted by Gasteiger charge is 2.24. The van der Waals surface area contributed by atoms with Gasteiger partial charge in [-0.2, -0.15) is 0 Å². The molecule has 1 fully saturated rings. The molecule has 0 aromatic carbocycles. The molecule has 0 radical (unpaired) electrons. The third kappa shape index (κ3) is 3.97. The zero-order chi connectivity index (χ0) is 14.5. The molecule has 1 N–H and O–H groups in total. The third-order valence-corrected chi connectivity index (χ3v) is 6.57. The van der Waals surface area contributed by atoms with Crippen LogP contribution >= 0.6 is 22.7 Å². The number of hydrogen-bond donors (Lipinski definition) is 1. The standard InChI is InChI=1S/C18H25NS2/c1-14(15-8-4-2-3-5-9-15)19-18(16-10-6-12-20-16)17-11-7-13-21-17/h6-7,10-15,18-19H,2-5,8-9H2,1H3/t14-/m1/s1. The maximum absolute atomic E-state index is 3.94. The van der Waals surface area contributed by atoms with Gasteiger partial charge in [0.25, 0.3) is 0 Å². The van der Waals surface area contributed by atoms with E-state index in [-0.39, 0.29) is 0 Å². The maximum atomic E-state index is 3.94. The van der Waals surface area contributed by atoms with Gasteiger partial charge in [0.1, 0.15) is 0 Å². The topological polar surface area (TPSA) is 12.0 Å². The number of rotatable bonds is 5. The molecule has 1 aliphatic carbocycles. The van der Waals surface area contributed by atoms with E-state index in [1.165, 1.54) is 48.3 Å². The van der Waals surface area contributed by atoms with Gasteiger partial charge in [0.2, 0.25) is 0 Å². The SMILES string of the molecule is C[C@@H](NC(c1cccs1)c1cccs1)C1CCCCCC1. The van der Waals surface area contributed by atoms with E-state index >= 15 is 0 Å². The van der Waals surface area contributed by atoms with Crippen molar-refractivity contribution < 1.29 is 0 Å². The van der Waals surface area contributed by atoms with E-state index in [9.17, 15) is 0 Å². The molecule has 1 nitrogen and oxygen atoms in total. The monoisotopic (exact) mass is 319 g/mol. The Bertz CT molecular complexity index is 461. The Kier molecular flexibility index (Phi) is 5.50. The van der Waals surface area contributed by atoms with Crippen LogP contribution in [0.25, 0.3) is 0 Å². The summed E-state index contributed by atoms with van der Waals surface area (Å²) in [6.45, 7) is 2.39. The van der Waals surface area contributed by atoms with Crippen LogP contribution in [0.2, 0.25) is 0 Å². The van der Waals surface area contributed by atoms with Crippen molar-refractivity contribution in [3.05, 3.63) is 44.8 Å². The summed E-state index contributed by atoms with van der Waals surface area (Å²) < 4.78 is 0. The Balaban J connectivity index is 1.72. The summed E-state index contributed by atoms with van der Waals surface area (Å²) in [6, 6.07) is 9.83. The molecule has 2 aromatic heterocycles. The molecule has 0 unspecified atom stereocenters. The van der Waals surface area contributed by atoms with Gasteiger partial charge in [-0.15, -0.1) is 22.7 Å². The van der Waals surface area contributed by atoms with E-state index in [2.05, 4.69) is 47.3 Å². The predicted molar refractivity (Wildman–Crippen MR) is 94.3 cm³/mol. The minimum absolute atomic E-state index is 0.378. The second-order valence-corrected chi connectivity index (χ2v) is 8.13. The molecule has 2 aromatic rings. The van der Waals surface area contributed by atoms with Crippen LogP contribution in [-0.2, 0) is 0 Å². The van der Waals surface area contributed by atoms with Gasteiger partial charge in [0.15, 0.2) is 0 Å². The molecule has 0 amide bonds. The van der Waals surface area contributed by atoms with Crippen molar-refractivity contribution in [2.45, 2.75) is 57.5 Å². The minimum Gasteiger partial charge on any atom is -0.302 e. The molecule has 2 heterocycles. The van der Waals surface area contributed by atoms with E-state index in [4.69, 9.17) is 0 Å². The fourth-order valence-corrected chi connectivity index (χ4v) is 5.11. The van der Waals surface area contributed by atoms with Crippen molar-refractivity contribution in [1.29, 1.82) is 0 Å². The lowest BCUT2D eigenvalue weighted by Gasteiger charge is -2.28. The molecule has 1 saturated carbocycles. The van der Waals surface area contributed by atoms with Crippen LogP contribution in [0.3, 0.4) is 0 Å². The summed E-state index contributed by atoms with van der Waals surface area (Å²) in [5.74, 6) is 0.843. The van der Waals surface area contributed by atoms with Crippen LogP contribution in [0, 0.1) is 5.92 Å². The summed E-state index contributed by atoms with van der Waals surface area (Å²) in [6.07, 6.45) is 8.50. The fourth-order valence-electron chi connectivity index (χ4n) is 3.43. The molecular formula is C18H25NS2. The van der Waals surface area contributed by atoms with Gasteiger partial charge in [0.05, 0.1) is 6.04 Å². The van der Waals surface area contributed by atoms with Crippen LogP contribution in [0.5, 0.6) is 0 Å². The predicted octanol–water partition coefficient (Wildman–Crippen LogP) is 5.85. The van der Waals surface area contributed by atoms with E-state index in [0.29, 0.717) is 12.1 Å². The van der Waals surface area contributed by atoms with Crippen molar-refractivity contribution in [3.63, 3.8) is 0 Å². The Hall–Kier alpha value is -0.640. The van der Waals surface area contributed by atoms with Crippen LogP contribution in [0.1, 0.15) is 61.2 Å². The molecule has 0 aliphatic heterocycles. The lowest BCUT2D eigenvalue weighted by molar-refractivity contribution is 0.325. The number of hydrogen-bond acceptors (Lipinski definition) is 3. The van der Waals surface area contributed by atoms with Gasteiger partial charge < -0.3 is 5.32 Å². The van der Waals surface area contributed by atoms with Gasteiger partial charge in [0, 0.05) is 15.8 Å². The van der Waals surface area contributed by atoms with Crippen LogP contribution in [0.4, 0.5) is 0 Å². The Labute approximate surface area is 136 Å². The molecule has 1 atom stereocenters. The average Bonchev–Trinajstić information content (AvgIpc) is 3.14. The largest absolute Gasteiger partial charge is 0.302 e. The smallest absolute Gasteiger partial charge is 0.0766 e. The summed E-state index contributed by atoms with van der Waals surface area (Å²) in [5, 5.41) is 8.32. The minimum atomic E-state index is 0.378.